The zero-order chi connectivity index (χ0) is 16.2. The molecule has 0 atom stereocenters. The van der Waals surface area contributed by atoms with E-state index in [1.807, 2.05) is 11.4 Å². The maximum Gasteiger partial charge on any atom is 0.323 e. The molecule has 8 heteroatoms. The molecule has 0 aromatic carbocycles. The summed E-state index contributed by atoms with van der Waals surface area (Å²) >= 11 is 6.57. The number of halogens is 1. The summed E-state index contributed by atoms with van der Waals surface area (Å²) in [6, 6.07) is 1.88. The van der Waals surface area contributed by atoms with Crippen LogP contribution < -0.4 is 5.32 Å². The molecule has 1 aliphatic rings. The summed E-state index contributed by atoms with van der Waals surface area (Å²) in [5.41, 5.74) is 0. The molecule has 2 heterocycles. The van der Waals surface area contributed by atoms with Crippen molar-refractivity contribution in [2.24, 2.45) is 0 Å². The standard InChI is InChI=1S/C15H19BrN4OS2/c1-20(8-12-7-11(16)9-22-12)15(21)17-14-19-18-13(23-14)10-5-3-2-4-6-10/h7,9-10H,2-6,8H2,1H3,(H,17,19,21). The first kappa shape index (κ1) is 16.9. The van der Waals surface area contributed by atoms with Crippen LogP contribution in [0.2, 0.25) is 0 Å². The van der Waals surface area contributed by atoms with Crippen LogP contribution in [0.3, 0.4) is 0 Å². The molecule has 0 radical (unpaired) electrons. The highest BCUT2D eigenvalue weighted by Crippen LogP contribution is 2.35. The van der Waals surface area contributed by atoms with Crippen molar-refractivity contribution in [2.45, 2.75) is 44.6 Å². The summed E-state index contributed by atoms with van der Waals surface area (Å²) in [4.78, 5) is 15.0. The van der Waals surface area contributed by atoms with Crippen LogP contribution in [-0.2, 0) is 6.54 Å². The van der Waals surface area contributed by atoms with Gasteiger partial charge in [-0.3, -0.25) is 5.32 Å². The highest BCUT2D eigenvalue weighted by molar-refractivity contribution is 9.10. The van der Waals surface area contributed by atoms with Gasteiger partial charge in [-0.2, -0.15) is 0 Å². The number of aromatic nitrogens is 2. The van der Waals surface area contributed by atoms with Gasteiger partial charge in [-0.15, -0.1) is 21.5 Å². The molecule has 2 aromatic heterocycles. The minimum atomic E-state index is -0.152. The van der Waals surface area contributed by atoms with Gasteiger partial charge in [-0.05, 0) is 34.8 Å². The molecule has 0 saturated heterocycles. The fourth-order valence-corrected chi connectivity index (χ4v) is 5.13. The predicted octanol–water partition coefficient (Wildman–Crippen LogP) is 5.07. The fourth-order valence-electron chi connectivity index (χ4n) is 2.73. The molecular formula is C15H19BrN4OS2. The number of thiophene rings is 1. The normalized spacial score (nSPS) is 15.6. The van der Waals surface area contributed by atoms with Gasteiger partial charge in [0.25, 0.3) is 0 Å². The van der Waals surface area contributed by atoms with Gasteiger partial charge in [-0.1, -0.05) is 30.6 Å². The molecule has 1 aliphatic carbocycles. The first-order chi connectivity index (χ1) is 11.1. The second-order valence-corrected chi connectivity index (χ2v) is 8.72. The Hall–Kier alpha value is -0.990. The van der Waals surface area contributed by atoms with Crippen LogP contribution in [0.4, 0.5) is 9.93 Å². The molecule has 0 bridgehead atoms. The molecule has 23 heavy (non-hydrogen) atoms. The first-order valence-corrected chi connectivity index (χ1v) is 10.2. The van der Waals surface area contributed by atoms with Crippen molar-refractivity contribution in [1.29, 1.82) is 0 Å². The van der Waals surface area contributed by atoms with Crippen molar-refractivity contribution < 1.29 is 4.79 Å². The lowest BCUT2D eigenvalue weighted by Crippen LogP contribution is -2.30. The van der Waals surface area contributed by atoms with Crippen molar-refractivity contribution in [2.75, 3.05) is 12.4 Å². The molecule has 0 unspecified atom stereocenters. The van der Waals surface area contributed by atoms with Gasteiger partial charge in [-0.25, -0.2) is 4.79 Å². The highest BCUT2D eigenvalue weighted by atomic mass is 79.9. The SMILES string of the molecule is CN(Cc1cc(Br)cs1)C(=O)Nc1nnc(C2CCCCC2)s1. The first-order valence-electron chi connectivity index (χ1n) is 7.70. The van der Waals surface area contributed by atoms with Crippen LogP contribution in [0.25, 0.3) is 0 Å². The Labute approximate surface area is 152 Å². The number of anilines is 1. The van der Waals surface area contributed by atoms with Crippen LogP contribution >= 0.6 is 38.6 Å². The lowest BCUT2D eigenvalue weighted by molar-refractivity contribution is 0.221. The molecule has 2 amide bonds. The largest absolute Gasteiger partial charge is 0.323 e. The molecule has 124 valence electrons. The topological polar surface area (TPSA) is 58.1 Å². The van der Waals surface area contributed by atoms with Gasteiger partial charge < -0.3 is 4.90 Å². The molecule has 1 N–H and O–H groups in total. The third kappa shape index (κ3) is 4.51. The maximum absolute atomic E-state index is 12.3. The summed E-state index contributed by atoms with van der Waals surface area (Å²) in [6.45, 7) is 0.580. The van der Waals surface area contributed by atoms with E-state index < -0.39 is 0 Å². The third-order valence-electron chi connectivity index (χ3n) is 3.97. The van der Waals surface area contributed by atoms with E-state index in [4.69, 9.17) is 0 Å². The molecule has 1 saturated carbocycles. The zero-order valence-corrected chi connectivity index (χ0v) is 16.1. The summed E-state index contributed by atoms with van der Waals surface area (Å²) in [7, 11) is 1.78. The fraction of sp³-hybridized carbons (Fsp3) is 0.533. The zero-order valence-electron chi connectivity index (χ0n) is 12.9. The second kappa shape index (κ2) is 7.72. The Morgan fingerprint density at radius 3 is 2.87 bits per heavy atom. The van der Waals surface area contributed by atoms with Crippen molar-refractivity contribution >= 4 is 49.8 Å². The Kier molecular flexibility index (Phi) is 5.66. The lowest BCUT2D eigenvalue weighted by atomic mass is 9.90. The average Bonchev–Trinajstić information content (AvgIpc) is 3.17. The molecule has 5 nitrogen and oxygen atoms in total. The monoisotopic (exact) mass is 414 g/mol. The van der Waals surface area contributed by atoms with Crippen LogP contribution in [0, 0.1) is 0 Å². The van der Waals surface area contributed by atoms with Gasteiger partial charge in [0.1, 0.15) is 5.01 Å². The minimum Gasteiger partial charge on any atom is -0.322 e. The highest BCUT2D eigenvalue weighted by Gasteiger charge is 2.20. The van der Waals surface area contributed by atoms with E-state index in [1.54, 1.807) is 23.3 Å². The maximum atomic E-state index is 12.3. The van der Waals surface area contributed by atoms with Crippen molar-refractivity contribution in [3.63, 3.8) is 0 Å². The van der Waals surface area contributed by atoms with E-state index in [1.165, 1.54) is 43.4 Å². The number of nitrogens with one attached hydrogen (secondary N) is 1. The lowest BCUT2D eigenvalue weighted by Gasteiger charge is -2.18. The summed E-state index contributed by atoms with van der Waals surface area (Å²) in [6.07, 6.45) is 6.24. The predicted molar refractivity (Wildman–Crippen MR) is 98.2 cm³/mol. The number of rotatable bonds is 4. The summed E-state index contributed by atoms with van der Waals surface area (Å²) in [5.74, 6) is 0.521. The number of amides is 2. The van der Waals surface area contributed by atoms with Crippen molar-refractivity contribution in [3.8, 4) is 0 Å². The minimum absolute atomic E-state index is 0.152. The summed E-state index contributed by atoms with van der Waals surface area (Å²) in [5, 5.41) is 14.9. The number of urea groups is 1. The number of nitrogens with zero attached hydrogens (tertiary/aromatic N) is 3. The van der Waals surface area contributed by atoms with E-state index in [0.717, 1.165) is 14.4 Å². The van der Waals surface area contributed by atoms with E-state index in [-0.39, 0.29) is 6.03 Å². The van der Waals surface area contributed by atoms with E-state index in [2.05, 4.69) is 31.4 Å². The smallest absolute Gasteiger partial charge is 0.322 e. The molecule has 1 fully saturated rings. The van der Waals surface area contributed by atoms with Crippen LogP contribution in [0.1, 0.15) is 47.9 Å². The molecular weight excluding hydrogens is 396 g/mol. The van der Waals surface area contributed by atoms with Crippen LogP contribution in [0.5, 0.6) is 0 Å². The van der Waals surface area contributed by atoms with Gasteiger partial charge in [0.05, 0.1) is 6.54 Å². The Bertz CT molecular complexity index is 666. The molecule has 3 rings (SSSR count). The second-order valence-electron chi connectivity index (χ2n) is 5.80. The number of hydrogen-bond acceptors (Lipinski definition) is 5. The Balaban J connectivity index is 1.55. The third-order valence-corrected chi connectivity index (χ3v) is 6.65. The van der Waals surface area contributed by atoms with Gasteiger partial charge in [0.2, 0.25) is 5.13 Å². The number of hydrogen-bond donors (Lipinski definition) is 1. The van der Waals surface area contributed by atoms with Crippen LogP contribution in [-0.4, -0.2) is 28.2 Å². The molecule has 0 spiro atoms. The van der Waals surface area contributed by atoms with Gasteiger partial charge in [0.15, 0.2) is 0 Å². The van der Waals surface area contributed by atoms with Crippen LogP contribution in [0.15, 0.2) is 15.9 Å². The summed E-state index contributed by atoms with van der Waals surface area (Å²) < 4.78 is 1.05. The molecule has 0 aliphatic heterocycles. The van der Waals surface area contributed by atoms with E-state index in [9.17, 15) is 4.79 Å². The number of carbonyl (C=O) groups is 1. The van der Waals surface area contributed by atoms with E-state index in [0.29, 0.717) is 17.6 Å². The Morgan fingerprint density at radius 1 is 1.39 bits per heavy atom. The Morgan fingerprint density at radius 2 is 2.17 bits per heavy atom. The van der Waals surface area contributed by atoms with Gasteiger partial charge in [0, 0.05) is 27.7 Å². The average molecular weight is 415 g/mol. The van der Waals surface area contributed by atoms with Gasteiger partial charge >= 0.3 is 6.03 Å². The molecule has 2 aromatic rings. The quantitative estimate of drug-likeness (QED) is 0.758. The van der Waals surface area contributed by atoms with E-state index >= 15 is 0 Å². The van der Waals surface area contributed by atoms with Crippen molar-refractivity contribution in [3.05, 3.63) is 25.8 Å². The number of carbonyl (C=O) groups excluding carboxylic acids is 1. The van der Waals surface area contributed by atoms with Crippen molar-refractivity contribution in [1.82, 2.24) is 15.1 Å².